The first-order valence-electron chi connectivity index (χ1n) is 12.4. The van der Waals surface area contributed by atoms with Crippen molar-refractivity contribution in [1.82, 2.24) is 5.32 Å². The lowest BCUT2D eigenvalue weighted by atomic mass is 9.99. The second kappa shape index (κ2) is 17.4. The second-order valence-electron chi connectivity index (χ2n) is 8.79. The lowest BCUT2D eigenvalue weighted by molar-refractivity contribution is -0.302. The van der Waals surface area contributed by atoms with Gasteiger partial charge in [0, 0.05) is 6.42 Å². The summed E-state index contributed by atoms with van der Waals surface area (Å²) in [7, 11) is 0. The fraction of sp³-hybridized carbons (Fsp3) is 0.875. The summed E-state index contributed by atoms with van der Waals surface area (Å²) in [6.45, 7) is 3.37. The predicted octanol–water partition coefficient (Wildman–Crippen LogP) is 1.15. The zero-order chi connectivity index (χ0) is 24.6. The van der Waals surface area contributed by atoms with Crippen LogP contribution in [0.4, 0.5) is 0 Å². The Bertz CT molecular complexity index is 545. The molecule has 1 saturated heterocycles. The molecule has 0 radical (unpaired) electrons. The molecule has 0 spiro atoms. The van der Waals surface area contributed by atoms with Crippen LogP contribution in [0.25, 0.3) is 0 Å². The smallest absolute Gasteiger partial charge is 0.224 e. The van der Waals surface area contributed by atoms with Gasteiger partial charge in [-0.3, -0.25) is 4.79 Å². The van der Waals surface area contributed by atoms with Crippen LogP contribution in [0, 0.1) is 0 Å². The molecule has 1 amide bonds. The SMILES string of the molecule is CCCCCCCC/C=C\CC(=O)NC(CO[C@H]1OC(CO)[C@H](O)C(O)C1O)C(O)CCC. The number of amides is 1. The number of carbonyl (C=O) groups is 1. The van der Waals surface area contributed by atoms with Gasteiger partial charge in [-0.25, -0.2) is 0 Å². The summed E-state index contributed by atoms with van der Waals surface area (Å²) in [5.74, 6) is -0.258. The van der Waals surface area contributed by atoms with Gasteiger partial charge in [-0.05, 0) is 19.3 Å². The molecule has 1 heterocycles. The van der Waals surface area contributed by atoms with Crippen molar-refractivity contribution >= 4 is 5.91 Å². The summed E-state index contributed by atoms with van der Waals surface area (Å²) in [6, 6.07) is -0.739. The molecule has 1 fully saturated rings. The molecule has 9 heteroatoms. The highest BCUT2D eigenvalue weighted by molar-refractivity contribution is 5.77. The molecule has 194 valence electrons. The van der Waals surface area contributed by atoms with Crippen molar-refractivity contribution in [3.05, 3.63) is 12.2 Å². The molecule has 5 unspecified atom stereocenters. The maximum absolute atomic E-state index is 12.4. The van der Waals surface area contributed by atoms with Gasteiger partial charge in [0.15, 0.2) is 6.29 Å². The van der Waals surface area contributed by atoms with E-state index >= 15 is 0 Å². The van der Waals surface area contributed by atoms with Gasteiger partial charge in [-0.1, -0.05) is 64.5 Å². The lowest BCUT2D eigenvalue weighted by Crippen LogP contribution is -2.60. The number of aliphatic hydroxyl groups excluding tert-OH is 5. The third kappa shape index (κ3) is 11.3. The molecule has 7 atom stereocenters. The van der Waals surface area contributed by atoms with Crippen LogP contribution >= 0.6 is 0 Å². The maximum atomic E-state index is 12.4. The first-order chi connectivity index (χ1) is 15.8. The van der Waals surface area contributed by atoms with E-state index in [4.69, 9.17) is 9.47 Å². The first kappa shape index (κ1) is 30.0. The Labute approximate surface area is 197 Å². The topological polar surface area (TPSA) is 149 Å². The van der Waals surface area contributed by atoms with Crippen LogP contribution in [0.1, 0.15) is 78.1 Å². The molecule has 1 aliphatic heterocycles. The van der Waals surface area contributed by atoms with Gasteiger partial charge in [0.25, 0.3) is 0 Å². The number of nitrogens with one attached hydrogen (secondary N) is 1. The van der Waals surface area contributed by atoms with Gasteiger partial charge in [0.2, 0.25) is 5.91 Å². The Morgan fingerprint density at radius 3 is 2.36 bits per heavy atom. The van der Waals surface area contributed by atoms with Crippen LogP contribution in [-0.4, -0.2) is 87.5 Å². The minimum Gasteiger partial charge on any atom is -0.394 e. The predicted molar refractivity (Wildman–Crippen MR) is 124 cm³/mol. The molecule has 0 aromatic carbocycles. The molecule has 6 N–H and O–H groups in total. The zero-order valence-electron chi connectivity index (χ0n) is 20.1. The molecular formula is C24H45NO8. The van der Waals surface area contributed by atoms with Crippen LogP contribution in [0.5, 0.6) is 0 Å². The fourth-order valence-electron chi connectivity index (χ4n) is 3.77. The van der Waals surface area contributed by atoms with Crippen molar-refractivity contribution in [2.24, 2.45) is 0 Å². The van der Waals surface area contributed by atoms with E-state index in [-0.39, 0.29) is 18.9 Å². The molecule has 33 heavy (non-hydrogen) atoms. The van der Waals surface area contributed by atoms with Crippen LogP contribution in [0.3, 0.4) is 0 Å². The van der Waals surface area contributed by atoms with Gasteiger partial charge >= 0.3 is 0 Å². The first-order valence-corrected chi connectivity index (χ1v) is 12.4. The quantitative estimate of drug-likeness (QED) is 0.136. The summed E-state index contributed by atoms with van der Waals surface area (Å²) >= 11 is 0. The number of carbonyl (C=O) groups excluding carboxylic acids is 1. The fourth-order valence-corrected chi connectivity index (χ4v) is 3.77. The molecule has 0 saturated carbocycles. The van der Waals surface area contributed by atoms with Crippen LogP contribution in [-0.2, 0) is 14.3 Å². The Kier molecular flexibility index (Phi) is 15.8. The van der Waals surface area contributed by atoms with E-state index in [1.165, 1.54) is 32.1 Å². The zero-order valence-corrected chi connectivity index (χ0v) is 20.1. The monoisotopic (exact) mass is 475 g/mol. The minimum absolute atomic E-state index is 0.170. The van der Waals surface area contributed by atoms with E-state index in [9.17, 15) is 30.3 Å². The van der Waals surface area contributed by atoms with Crippen molar-refractivity contribution in [2.45, 2.75) is 121 Å². The third-order valence-corrected chi connectivity index (χ3v) is 5.88. The second-order valence-corrected chi connectivity index (χ2v) is 8.79. The molecular weight excluding hydrogens is 430 g/mol. The standard InChI is InChI=1S/C24H45NO8/c1-3-5-6-7-8-9-10-11-12-14-20(28)25-17(18(27)13-4-2)16-32-24-23(31)22(30)21(29)19(15-26)33-24/h11-12,17-19,21-24,26-27,29-31H,3-10,13-16H2,1-2H3,(H,25,28)/b12-11-/t17?,18?,19?,21-,22?,23?,24-/m0/s1. The number of hydrogen-bond acceptors (Lipinski definition) is 8. The molecule has 0 aromatic heterocycles. The number of unbranched alkanes of at least 4 members (excludes halogenated alkanes) is 6. The Balaban J connectivity index is 2.49. The molecule has 0 aliphatic carbocycles. The lowest BCUT2D eigenvalue weighted by Gasteiger charge is -2.40. The highest BCUT2D eigenvalue weighted by atomic mass is 16.7. The Hall–Kier alpha value is -1.07. The van der Waals surface area contributed by atoms with Gasteiger partial charge in [-0.2, -0.15) is 0 Å². The molecule has 9 nitrogen and oxygen atoms in total. The van der Waals surface area contributed by atoms with Crippen molar-refractivity contribution < 1.29 is 39.8 Å². The maximum Gasteiger partial charge on any atom is 0.224 e. The summed E-state index contributed by atoms with van der Waals surface area (Å²) in [5.41, 5.74) is 0. The molecule has 1 aliphatic rings. The van der Waals surface area contributed by atoms with Crippen LogP contribution in [0.15, 0.2) is 12.2 Å². The Morgan fingerprint density at radius 2 is 1.70 bits per heavy atom. The summed E-state index contributed by atoms with van der Waals surface area (Å²) in [4.78, 5) is 12.4. The average molecular weight is 476 g/mol. The number of ether oxygens (including phenoxy) is 2. The van der Waals surface area contributed by atoms with Crippen LogP contribution in [0.2, 0.25) is 0 Å². The molecule has 0 aromatic rings. The van der Waals surface area contributed by atoms with Gasteiger partial charge in [0.1, 0.15) is 24.4 Å². The van der Waals surface area contributed by atoms with Crippen LogP contribution < -0.4 is 5.32 Å². The minimum atomic E-state index is -1.55. The van der Waals surface area contributed by atoms with E-state index in [1.54, 1.807) is 0 Å². The highest BCUT2D eigenvalue weighted by Crippen LogP contribution is 2.22. The summed E-state index contributed by atoms with van der Waals surface area (Å²) in [5, 5.41) is 52.3. The van der Waals surface area contributed by atoms with Crippen molar-refractivity contribution in [2.75, 3.05) is 13.2 Å². The van der Waals surface area contributed by atoms with E-state index in [2.05, 4.69) is 12.2 Å². The third-order valence-electron chi connectivity index (χ3n) is 5.88. The Morgan fingerprint density at radius 1 is 1.00 bits per heavy atom. The largest absolute Gasteiger partial charge is 0.394 e. The van der Waals surface area contributed by atoms with E-state index in [1.807, 2.05) is 19.1 Å². The number of aliphatic hydroxyl groups is 5. The van der Waals surface area contributed by atoms with Gasteiger partial charge < -0.3 is 40.3 Å². The number of hydrogen-bond donors (Lipinski definition) is 6. The van der Waals surface area contributed by atoms with Gasteiger partial charge in [0.05, 0.1) is 25.4 Å². The van der Waals surface area contributed by atoms with Crippen molar-refractivity contribution in [1.29, 1.82) is 0 Å². The van der Waals surface area contributed by atoms with Crippen molar-refractivity contribution in [3.63, 3.8) is 0 Å². The van der Waals surface area contributed by atoms with Crippen molar-refractivity contribution in [3.8, 4) is 0 Å². The van der Waals surface area contributed by atoms with Gasteiger partial charge in [-0.15, -0.1) is 0 Å². The molecule has 1 rings (SSSR count). The molecule has 0 bridgehead atoms. The number of rotatable bonds is 17. The summed E-state index contributed by atoms with van der Waals surface area (Å²) in [6.07, 6.45) is 5.58. The number of allylic oxidation sites excluding steroid dienone is 1. The highest BCUT2D eigenvalue weighted by Gasteiger charge is 2.44. The normalized spacial score (nSPS) is 27.5. The summed E-state index contributed by atoms with van der Waals surface area (Å²) < 4.78 is 10.8. The van der Waals surface area contributed by atoms with E-state index < -0.39 is 49.5 Å². The van der Waals surface area contributed by atoms with E-state index in [0.717, 1.165) is 12.8 Å². The van der Waals surface area contributed by atoms with E-state index in [0.29, 0.717) is 12.8 Å². The average Bonchev–Trinajstić information content (AvgIpc) is 2.80.